The molecule has 0 aliphatic carbocycles. The largest absolute Gasteiger partial charge is 0.481 e. The van der Waals surface area contributed by atoms with E-state index < -0.39 is 5.97 Å². The first-order valence-corrected chi connectivity index (χ1v) is 5.89. The van der Waals surface area contributed by atoms with Crippen LogP contribution < -0.4 is 0 Å². The van der Waals surface area contributed by atoms with Crippen LogP contribution in [0.4, 0.5) is 0 Å². The molecule has 0 saturated heterocycles. The van der Waals surface area contributed by atoms with Gasteiger partial charge in [0.05, 0.1) is 19.6 Å². The summed E-state index contributed by atoms with van der Waals surface area (Å²) >= 11 is 0. The van der Waals surface area contributed by atoms with Crippen molar-refractivity contribution in [2.45, 2.75) is 39.7 Å². The fraction of sp³-hybridized carbons (Fsp3) is 0.500. The van der Waals surface area contributed by atoms with Crippen molar-refractivity contribution in [2.24, 2.45) is 0 Å². The molecule has 1 aromatic carbocycles. The highest BCUT2D eigenvalue weighted by Gasteiger charge is 2.04. The molecule has 0 heterocycles. The maximum absolute atomic E-state index is 10.3. The molecule has 17 heavy (non-hydrogen) atoms. The first-order chi connectivity index (χ1) is 8.00. The van der Waals surface area contributed by atoms with Crippen LogP contribution in [0.2, 0.25) is 0 Å². The van der Waals surface area contributed by atoms with Crippen molar-refractivity contribution < 1.29 is 14.6 Å². The van der Waals surface area contributed by atoms with E-state index in [1.807, 2.05) is 6.92 Å². The summed E-state index contributed by atoms with van der Waals surface area (Å²) in [5, 5.41) is 8.50. The minimum absolute atomic E-state index is 0.0585. The quantitative estimate of drug-likeness (QED) is 0.772. The van der Waals surface area contributed by atoms with Gasteiger partial charge in [-0.25, -0.2) is 0 Å². The van der Waals surface area contributed by atoms with Crippen LogP contribution in [0, 0.1) is 6.92 Å². The van der Waals surface area contributed by atoms with E-state index in [0.717, 1.165) is 5.56 Å². The number of aliphatic carboxylic acids is 1. The standard InChI is InChI=1S/C14H20O3/c1-10(2)12-5-4-11(3)13(8-12)9-17-7-6-14(15)16/h4-5,8,10H,6-7,9H2,1-3H3,(H,15,16). The van der Waals surface area contributed by atoms with Gasteiger partial charge in [0.15, 0.2) is 0 Å². The predicted octanol–water partition coefficient (Wildman–Crippen LogP) is 3.11. The van der Waals surface area contributed by atoms with Crippen LogP contribution in [0.1, 0.15) is 42.9 Å². The van der Waals surface area contributed by atoms with Crippen molar-refractivity contribution in [2.75, 3.05) is 6.61 Å². The Morgan fingerprint density at radius 1 is 1.41 bits per heavy atom. The number of ether oxygens (including phenoxy) is 1. The van der Waals surface area contributed by atoms with Crippen molar-refractivity contribution in [3.63, 3.8) is 0 Å². The zero-order valence-electron chi connectivity index (χ0n) is 10.7. The molecule has 1 rings (SSSR count). The highest BCUT2D eigenvalue weighted by Crippen LogP contribution is 2.19. The summed E-state index contributed by atoms with van der Waals surface area (Å²) in [6.45, 7) is 7.10. The Kier molecular flexibility index (Phi) is 5.16. The van der Waals surface area contributed by atoms with E-state index in [0.29, 0.717) is 12.5 Å². The van der Waals surface area contributed by atoms with Gasteiger partial charge >= 0.3 is 5.97 Å². The number of carbonyl (C=O) groups is 1. The van der Waals surface area contributed by atoms with Crippen molar-refractivity contribution in [1.29, 1.82) is 0 Å². The molecule has 0 atom stereocenters. The lowest BCUT2D eigenvalue weighted by atomic mass is 9.98. The molecular formula is C14H20O3. The van der Waals surface area contributed by atoms with Gasteiger partial charge in [0.1, 0.15) is 0 Å². The third kappa shape index (κ3) is 4.57. The van der Waals surface area contributed by atoms with Gasteiger partial charge < -0.3 is 9.84 Å². The number of hydrogen-bond donors (Lipinski definition) is 1. The lowest BCUT2D eigenvalue weighted by molar-refractivity contribution is -0.138. The second kappa shape index (κ2) is 6.40. The maximum atomic E-state index is 10.3. The van der Waals surface area contributed by atoms with E-state index in [1.165, 1.54) is 11.1 Å². The number of aryl methyl sites for hydroxylation is 1. The first-order valence-electron chi connectivity index (χ1n) is 5.89. The van der Waals surface area contributed by atoms with Gasteiger partial charge in [-0.3, -0.25) is 4.79 Å². The molecule has 0 bridgehead atoms. The molecule has 3 heteroatoms. The van der Waals surface area contributed by atoms with E-state index in [1.54, 1.807) is 0 Å². The van der Waals surface area contributed by atoms with E-state index >= 15 is 0 Å². The molecule has 1 aromatic rings. The summed E-state index contributed by atoms with van der Waals surface area (Å²) in [7, 11) is 0. The molecule has 0 unspecified atom stereocenters. The molecule has 0 aliphatic rings. The van der Waals surface area contributed by atoms with Gasteiger partial charge in [0, 0.05) is 0 Å². The van der Waals surface area contributed by atoms with Gasteiger partial charge in [-0.1, -0.05) is 32.0 Å². The maximum Gasteiger partial charge on any atom is 0.305 e. The van der Waals surface area contributed by atoms with E-state index in [2.05, 4.69) is 32.0 Å². The number of rotatable bonds is 6. The molecule has 0 amide bonds. The summed E-state index contributed by atoms with van der Waals surface area (Å²) in [5.74, 6) is -0.328. The molecule has 0 radical (unpaired) electrons. The Bertz CT molecular complexity index is 383. The highest BCUT2D eigenvalue weighted by molar-refractivity contribution is 5.66. The molecule has 0 spiro atoms. The monoisotopic (exact) mass is 236 g/mol. The zero-order valence-corrected chi connectivity index (χ0v) is 10.7. The highest BCUT2D eigenvalue weighted by atomic mass is 16.5. The Morgan fingerprint density at radius 2 is 2.12 bits per heavy atom. The lowest BCUT2D eigenvalue weighted by Crippen LogP contribution is -2.04. The van der Waals surface area contributed by atoms with Crippen LogP contribution in [-0.2, 0) is 16.1 Å². The van der Waals surface area contributed by atoms with Crippen LogP contribution >= 0.6 is 0 Å². The topological polar surface area (TPSA) is 46.5 Å². The summed E-state index contributed by atoms with van der Waals surface area (Å²) in [6, 6.07) is 6.35. The van der Waals surface area contributed by atoms with Crippen molar-refractivity contribution in [1.82, 2.24) is 0 Å². The molecule has 0 aliphatic heterocycles. The second-order valence-corrected chi connectivity index (χ2v) is 4.54. The SMILES string of the molecule is Cc1ccc(C(C)C)cc1COCCC(=O)O. The molecule has 94 valence electrons. The van der Waals surface area contributed by atoms with Crippen LogP contribution in [0.25, 0.3) is 0 Å². The van der Waals surface area contributed by atoms with Crippen LogP contribution in [0.3, 0.4) is 0 Å². The minimum Gasteiger partial charge on any atom is -0.481 e. The second-order valence-electron chi connectivity index (χ2n) is 4.54. The van der Waals surface area contributed by atoms with E-state index in [9.17, 15) is 4.79 Å². The number of hydrogen-bond acceptors (Lipinski definition) is 2. The van der Waals surface area contributed by atoms with Gasteiger partial charge in [-0.2, -0.15) is 0 Å². The Balaban J connectivity index is 2.57. The zero-order chi connectivity index (χ0) is 12.8. The lowest BCUT2D eigenvalue weighted by Gasteiger charge is -2.11. The molecule has 0 aromatic heterocycles. The fourth-order valence-electron chi connectivity index (χ4n) is 1.55. The number of carboxylic acid groups (broad SMARTS) is 1. The van der Waals surface area contributed by atoms with Crippen molar-refractivity contribution >= 4 is 5.97 Å². The Hall–Kier alpha value is -1.35. The van der Waals surface area contributed by atoms with Crippen molar-refractivity contribution in [3.05, 3.63) is 34.9 Å². The smallest absolute Gasteiger partial charge is 0.305 e. The van der Waals surface area contributed by atoms with Crippen LogP contribution in [0.15, 0.2) is 18.2 Å². The molecular weight excluding hydrogens is 216 g/mol. The predicted molar refractivity (Wildman–Crippen MR) is 67.2 cm³/mol. The third-order valence-electron chi connectivity index (χ3n) is 2.76. The van der Waals surface area contributed by atoms with E-state index in [4.69, 9.17) is 9.84 Å². The van der Waals surface area contributed by atoms with Crippen LogP contribution in [-0.4, -0.2) is 17.7 Å². The first kappa shape index (κ1) is 13.7. The third-order valence-corrected chi connectivity index (χ3v) is 2.76. The summed E-state index contributed by atoms with van der Waals surface area (Å²) < 4.78 is 5.37. The molecule has 0 saturated carbocycles. The summed E-state index contributed by atoms with van der Waals surface area (Å²) in [4.78, 5) is 10.3. The fourth-order valence-corrected chi connectivity index (χ4v) is 1.55. The number of carboxylic acids is 1. The van der Waals surface area contributed by atoms with Gasteiger partial charge in [0.2, 0.25) is 0 Å². The van der Waals surface area contributed by atoms with Crippen molar-refractivity contribution in [3.8, 4) is 0 Å². The van der Waals surface area contributed by atoms with Gasteiger partial charge in [-0.15, -0.1) is 0 Å². The average molecular weight is 236 g/mol. The minimum atomic E-state index is -0.822. The Labute approximate surface area is 102 Å². The average Bonchev–Trinajstić information content (AvgIpc) is 2.25. The molecule has 1 N–H and O–H groups in total. The number of benzene rings is 1. The van der Waals surface area contributed by atoms with Crippen LogP contribution in [0.5, 0.6) is 0 Å². The molecule has 0 fully saturated rings. The van der Waals surface area contributed by atoms with E-state index in [-0.39, 0.29) is 13.0 Å². The summed E-state index contributed by atoms with van der Waals surface area (Å²) in [6.07, 6.45) is 0.0585. The Morgan fingerprint density at radius 3 is 2.71 bits per heavy atom. The van der Waals surface area contributed by atoms with Gasteiger partial charge in [-0.05, 0) is 29.5 Å². The normalized spacial score (nSPS) is 10.8. The van der Waals surface area contributed by atoms with Gasteiger partial charge in [0.25, 0.3) is 0 Å². The summed E-state index contributed by atoms with van der Waals surface area (Å²) in [5.41, 5.74) is 3.61. The molecule has 3 nitrogen and oxygen atoms in total.